The number of carbonyl (C=O) groups excluding carboxylic acids is 3. The molecule has 28 heavy (non-hydrogen) atoms. The number of rotatable bonds is 5. The molecule has 144 valence electrons. The van der Waals surface area contributed by atoms with Crippen LogP contribution in [0.1, 0.15) is 5.56 Å². The zero-order chi connectivity index (χ0) is 20.3. The Morgan fingerprint density at radius 2 is 2.07 bits per heavy atom. The Hall–Kier alpha value is -2.29. The number of nitrogens with one attached hydrogen (secondary N) is 1. The average Bonchev–Trinajstić information content (AvgIpc) is 2.89. The molecule has 0 aliphatic carbocycles. The standard InChI is InChI=1S/C19H14BrClN2O4S/c1-27-15-6-5-11(7-14(15)20)8-16-18(25)23(19(26)28-16)10-17(24)22-13-4-2-3-12(21)9-13/h2-9H,10H2,1H3,(H,22,24)/b16-8+. The predicted molar refractivity (Wildman–Crippen MR) is 113 cm³/mol. The van der Waals surface area contributed by atoms with Crippen LogP contribution in [-0.4, -0.2) is 35.6 Å². The first kappa shape index (κ1) is 20.4. The fraction of sp³-hybridized carbons (Fsp3) is 0.105. The number of thioether (sulfide) groups is 1. The molecule has 0 bridgehead atoms. The van der Waals surface area contributed by atoms with Crippen LogP contribution in [0.2, 0.25) is 5.02 Å². The van der Waals surface area contributed by atoms with Crippen molar-refractivity contribution in [3.05, 3.63) is 62.4 Å². The summed E-state index contributed by atoms with van der Waals surface area (Å²) in [4.78, 5) is 38.1. The summed E-state index contributed by atoms with van der Waals surface area (Å²) in [5.41, 5.74) is 1.21. The molecule has 0 saturated carbocycles. The molecule has 0 aromatic heterocycles. The van der Waals surface area contributed by atoms with Gasteiger partial charge in [0, 0.05) is 10.7 Å². The summed E-state index contributed by atoms with van der Waals surface area (Å²) < 4.78 is 5.90. The van der Waals surface area contributed by atoms with Crippen LogP contribution in [0.15, 0.2) is 51.8 Å². The van der Waals surface area contributed by atoms with Crippen LogP contribution < -0.4 is 10.1 Å². The Balaban J connectivity index is 1.71. The molecule has 2 aromatic rings. The molecule has 1 saturated heterocycles. The second-order valence-electron chi connectivity index (χ2n) is 5.72. The molecular weight excluding hydrogens is 468 g/mol. The summed E-state index contributed by atoms with van der Waals surface area (Å²) in [7, 11) is 1.56. The molecule has 0 spiro atoms. The topological polar surface area (TPSA) is 75.7 Å². The van der Waals surface area contributed by atoms with Crippen molar-refractivity contribution in [3.63, 3.8) is 0 Å². The molecular formula is C19H14BrClN2O4S. The van der Waals surface area contributed by atoms with Gasteiger partial charge in [0.05, 0.1) is 16.5 Å². The Kier molecular flexibility index (Phi) is 6.43. The number of carbonyl (C=O) groups is 3. The highest BCUT2D eigenvalue weighted by Crippen LogP contribution is 2.33. The molecule has 1 fully saturated rings. The molecule has 1 aliphatic heterocycles. The molecule has 1 N–H and O–H groups in total. The van der Waals surface area contributed by atoms with E-state index in [9.17, 15) is 14.4 Å². The molecule has 9 heteroatoms. The second kappa shape index (κ2) is 8.81. The van der Waals surface area contributed by atoms with Gasteiger partial charge in [0.2, 0.25) is 5.91 Å². The van der Waals surface area contributed by atoms with Gasteiger partial charge in [0.25, 0.3) is 11.1 Å². The van der Waals surface area contributed by atoms with Crippen LogP contribution in [0.3, 0.4) is 0 Å². The number of hydrogen-bond acceptors (Lipinski definition) is 5. The molecule has 3 rings (SSSR count). The number of anilines is 1. The largest absolute Gasteiger partial charge is 0.496 e. The molecule has 0 radical (unpaired) electrons. The van der Waals surface area contributed by atoms with E-state index >= 15 is 0 Å². The lowest BCUT2D eigenvalue weighted by atomic mass is 10.2. The number of ether oxygens (including phenoxy) is 1. The summed E-state index contributed by atoms with van der Waals surface area (Å²) >= 11 is 10.1. The maximum absolute atomic E-state index is 12.5. The van der Waals surface area contributed by atoms with Gasteiger partial charge in [-0.25, -0.2) is 0 Å². The van der Waals surface area contributed by atoms with E-state index in [-0.39, 0.29) is 11.4 Å². The van der Waals surface area contributed by atoms with E-state index in [1.165, 1.54) is 0 Å². The maximum Gasteiger partial charge on any atom is 0.294 e. The fourth-order valence-electron chi connectivity index (χ4n) is 2.47. The van der Waals surface area contributed by atoms with Crippen LogP contribution >= 0.6 is 39.3 Å². The lowest BCUT2D eigenvalue weighted by Gasteiger charge is -2.12. The van der Waals surface area contributed by atoms with Crippen molar-refractivity contribution >= 4 is 68.1 Å². The SMILES string of the molecule is COc1ccc(/C=C2/SC(=O)N(CC(=O)Nc3cccc(Cl)c3)C2=O)cc1Br. The van der Waals surface area contributed by atoms with Crippen molar-refractivity contribution in [1.82, 2.24) is 4.90 Å². The first-order valence-electron chi connectivity index (χ1n) is 8.01. The molecule has 6 nitrogen and oxygen atoms in total. The smallest absolute Gasteiger partial charge is 0.294 e. The van der Waals surface area contributed by atoms with Crippen LogP contribution in [0.4, 0.5) is 10.5 Å². The lowest BCUT2D eigenvalue weighted by molar-refractivity contribution is -0.127. The summed E-state index contributed by atoms with van der Waals surface area (Å²) in [6.07, 6.45) is 1.60. The van der Waals surface area contributed by atoms with Gasteiger partial charge in [-0.2, -0.15) is 0 Å². The van der Waals surface area contributed by atoms with Gasteiger partial charge in [-0.1, -0.05) is 23.7 Å². The van der Waals surface area contributed by atoms with E-state index in [4.69, 9.17) is 16.3 Å². The van der Waals surface area contributed by atoms with Crippen molar-refractivity contribution in [1.29, 1.82) is 0 Å². The minimum Gasteiger partial charge on any atom is -0.496 e. The van der Waals surface area contributed by atoms with E-state index in [2.05, 4.69) is 21.2 Å². The molecule has 0 atom stereocenters. The Morgan fingerprint density at radius 1 is 1.29 bits per heavy atom. The van der Waals surface area contributed by atoms with Gasteiger partial charge < -0.3 is 10.1 Å². The van der Waals surface area contributed by atoms with Gasteiger partial charge in [0.15, 0.2) is 0 Å². The highest BCUT2D eigenvalue weighted by molar-refractivity contribution is 9.10. The molecule has 3 amide bonds. The molecule has 2 aromatic carbocycles. The quantitative estimate of drug-likeness (QED) is 0.622. The molecule has 0 unspecified atom stereocenters. The van der Waals surface area contributed by atoms with Crippen molar-refractivity contribution in [2.75, 3.05) is 19.0 Å². The minimum absolute atomic E-state index is 0.248. The fourth-order valence-corrected chi connectivity index (χ4v) is 4.06. The third kappa shape index (κ3) is 4.76. The summed E-state index contributed by atoms with van der Waals surface area (Å²) in [6.45, 7) is -0.374. The molecule has 1 aliphatic rings. The van der Waals surface area contributed by atoms with Gasteiger partial charge in [0.1, 0.15) is 12.3 Å². The Bertz CT molecular complexity index is 996. The highest BCUT2D eigenvalue weighted by atomic mass is 79.9. The Morgan fingerprint density at radius 3 is 2.75 bits per heavy atom. The second-order valence-corrected chi connectivity index (χ2v) is 8.00. The van der Waals surface area contributed by atoms with E-state index in [1.54, 1.807) is 55.7 Å². The highest BCUT2D eigenvalue weighted by Gasteiger charge is 2.36. The van der Waals surface area contributed by atoms with Crippen molar-refractivity contribution in [2.24, 2.45) is 0 Å². The third-order valence-electron chi connectivity index (χ3n) is 3.76. The van der Waals surface area contributed by atoms with Crippen molar-refractivity contribution < 1.29 is 19.1 Å². The van der Waals surface area contributed by atoms with Crippen molar-refractivity contribution in [2.45, 2.75) is 0 Å². The first-order valence-corrected chi connectivity index (χ1v) is 10.0. The minimum atomic E-state index is -0.511. The van der Waals surface area contributed by atoms with E-state index in [0.29, 0.717) is 16.5 Å². The van der Waals surface area contributed by atoms with Crippen LogP contribution in [-0.2, 0) is 9.59 Å². The van der Waals surface area contributed by atoms with Crippen molar-refractivity contribution in [3.8, 4) is 5.75 Å². The van der Waals surface area contributed by atoms with Gasteiger partial charge >= 0.3 is 0 Å². The van der Waals surface area contributed by atoms with Gasteiger partial charge in [-0.15, -0.1) is 0 Å². The van der Waals surface area contributed by atoms with Gasteiger partial charge in [-0.05, 0) is 69.7 Å². The third-order valence-corrected chi connectivity index (χ3v) is 5.52. The number of imide groups is 1. The normalized spacial score (nSPS) is 15.2. The molecule has 1 heterocycles. The number of halogens is 2. The number of hydrogen-bond donors (Lipinski definition) is 1. The number of amides is 3. The average molecular weight is 482 g/mol. The number of methoxy groups -OCH3 is 1. The lowest BCUT2D eigenvalue weighted by Crippen LogP contribution is -2.36. The van der Waals surface area contributed by atoms with Crippen LogP contribution in [0.5, 0.6) is 5.75 Å². The van der Waals surface area contributed by atoms with Gasteiger partial charge in [-0.3, -0.25) is 19.3 Å². The Labute approximate surface area is 179 Å². The van der Waals surface area contributed by atoms with Crippen LogP contribution in [0, 0.1) is 0 Å². The number of nitrogens with zero attached hydrogens (tertiary/aromatic N) is 1. The monoisotopic (exact) mass is 480 g/mol. The first-order chi connectivity index (χ1) is 13.4. The van der Waals surface area contributed by atoms with E-state index < -0.39 is 17.1 Å². The summed E-state index contributed by atoms with van der Waals surface area (Å²) in [5.74, 6) is -0.343. The number of benzene rings is 2. The predicted octanol–water partition coefficient (Wildman–Crippen LogP) is 4.79. The van der Waals surface area contributed by atoms with E-state index in [1.807, 2.05) is 0 Å². The maximum atomic E-state index is 12.5. The summed E-state index contributed by atoms with van der Waals surface area (Å²) in [5, 5.41) is 2.59. The summed E-state index contributed by atoms with van der Waals surface area (Å²) in [6, 6.07) is 11.9. The van der Waals surface area contributed by atoms with E-state index in [0.717, 1.165) is 26.7 Å². The zero-order valence-corrected chi connectivity index (χ0v) is 17.7. The zero-order valence-electron chi connectivity index (χ0n) is 14.6. The van der Waals surface area contributed by atoms with Crippen LogP contribution in [0.25, 0.3) is 6.08 Å².